The number of nitro groups is 1. The van der Waals surface area contributed by atoms with Crippen LogP contribution >= 0.6 is 0 Å². The van der Waals surface area contributed by atoms with Gasteiger partial charge in [-0.1, -0.05) is 13.0 Å². The average Bonchev–Trinajstić information content (AvgIpc) is 2.38. The van der Waals surface area contributed by atoms with Crippen molar-refractivity contribution in [1.82, 2.24) is 4.31 Å². The maximum atomic E-state index is 12.4. The summed E-state index contributed by atoms with van der Waals surface area (Å²) in [5, 5.41) is 10.8. The SMILES string of the molecule is C=CCN(CCC)S(=O)(=O)c1ccc(N)c([N+](=O)[O-])c1. The van der Waals surface area contributed by atoms with E-state index < -0.39 is 20.6 Å². The zero-order chi connectivity index (χ0) is 15.3. The first-order valence-electron chi connectivity index (χ1n) is 5.99. The van der Waals surface area contributed by atoms with Crippen molar-refractivity contribution >= 4 is 21.4 Å². The fourth-order valence-corrected chi connectivity index (χ4v) is 3.22. The van der Waals surface area contributed by atoms with Crippen LogP contribution in [-0.4, -0.2) is 30.7 Å². The maximum absolute atomic E-state index is 12.4. The Morgan fingerprint density at radius 3 is 2.65 bits per heavy atom. The molecule has 1 aromatic rings. The number of anilines is 1. The molecule has 0 aliphatic heterocycles. The smallest absolute Gasteiger partial charge is 0.293 e. The summed E-state index contributed by atoms with van der Waals surface area (Å²) in [4.78, 5) is 9.98. The van der Waals surface area contributed by atoms with Gasteiger partial charge in [0.1, 0.15) is 5.69 Å². The minimum absolute atomic E-state index is 0.0697. The second-order valence-electron chi connectivity index (χ2n) is 4.13. The predicted molar refractivity (Wildman–Crippen MR) is 76.8 cm³/mol. The van der Waals surface area contributed by atoms with Crippen molar-refractivity contribution in [2.24, 2.45) is 0 Å². The Labute approximate surface area is 117 Å². The van der Waals surface area contributed by atoms with E-state index in [2.05, 4.69) is 6.58 Å². The molecule has 110 valence electrons. The Morgan fingerprint density at radius 2 is 2.15 bits per heavy atom. The zero-order valence-corrected chi connectivity index (χ0v) is 12.0. The standard InChI is InChI=1S/C12H17N3O4S/c1-3-7-14(8-4-2)20(18,19)10-5-6-11(13)12(9-10)15(16)17/h3,5-6,9H,1,4,7-8,13H2,2H3. The van der Waals surface area contributed by atoms with E-state index in [9.17, 15) is 18.5 Å². The van der Waals surface area contributed by atoms with Gasteiger partial charge in [-0.15, -0.1) is 6.58 Å². The lowest BCUT2D eigenvalue weighted by Gasteiger charge is -2.19. The molecule has 0 bridgehead atoms. The van der Waals surface area contributed by atoms with E-state index in [-0.39, 0.29) is 17.1 Å². The van der Waals surface area contributed by atoms with Gasteiger partial charge in [0.05, 0.1) is 9.82 Å². The molecule has 0 saturated heterocycles. The summed E-state index contributed by atoms with van der Waals surface area (Å²) in [5.41, 5.74) is 4.98. The quantitative estimate of drug-likeness (QED) is 0.357. The summed E-state index contributed by atoms with van der Waals surface area (Å²) in [6.45, 7) is 5.82. The summed E-state index contributed by atoms with van der Waals surface area (Å²) in [7, 11) is -3.80. The van der Waals surface area contributed by atoms with Crippen LogP contribution in [0.15, 0.2) is 35.7 Å². The fraction of sp³-hybridized carbons (Fsp3) is 0.333. The Balaban J connectivity index is 3.30. The lowest BCUT2D eigenvalue weighted by atomic mass is 10.3. The van der Waals surface area contributed by atoms with Crippen LogP contribution in [0.1, 0.15) is 13.3 Å². The Morgan fingerprint density at radius 1 is 1.50 bits per heavy atom. The molecule has 0 spiro atoms. The molecule has 0 unspecified atom stereocenters. The van der Waals surface area contributed by atoms with Crippen molar-refractivity contribution in [3.8, 4) is 0 Å². The molecule has 0 atom stereocenters. The average molecular weight is 299 g/mol. The number of hydrogen-bond donors (Lipinski definition) is 1. The van der Waals surface area contributed by atoms with Crippen LogP contribution in [0.4, 0.5) is 11.4 Å². The van der Waals surface area contributed by atoms with Gasteiger partial charge in [-0.25, -0.2) is 8.42 Å². The lowest BCUT2D eigenvalue weighted by Crippen LogP contribution is -2.32. The van der Waals surface area contributed by atoms with E-state index in [0.29, 0.717) is 13.0 Å². The molecule has 1 aromatic carbocycles. The van der Waals surface area contributed by atoms with Gasteiger partial charge < -0.3 is 5.73 Å². The van der Waals surface area contributed by atoms with Gasteiger partial charge in [-0.2, -0.15) is 4.31 Å². The van der Waals surface area contributed by atoms with Crippen LogP contribution in [0.2, 0.25) is 0 Å². The van der Waals surface area contributed by atoms with Crippen LogP contribution in [0.25, 0.3) is 0 Å². The van der Waals surface area contributed by atoms with Gasteiger partial charge in [-0.05, 0) is 18.6 Å². The normalized spacial score (nSPS) is 11.5. The largest absolute Gasteiger partial charge is 0.393 e. The Hall–Kier alpha value is -1.93. The number of nitrogens with two attached hydrogens (primary N) is 1. The highest BCUT2D eigenvalue weighted by atomic mass is 32.2. The molecule has 0 aromatic heterocycles. The van der Waals surface area contributed by atoms with Crippen molar-refractivity contribution < 1.29 is 13.3 Å². The topological polar surface area (TPSA) is 107 Å². The molecule has 20 heavy (non-hydrogen) atoms. The highest BCUT2D eigenvalue weighted by molar-refractivity contribution is 7.89. The Kier molecular flexibility index (Phi) is 5.23. The third kappa shape index (κ3) is 3.34. The summed E-state index contributed by atoms with van der Waals surface area (Å²) in [5.74, 6) is 0. The molecule has 7 nitrogen and oxygen atoms in total. The second-order valence-corrected chi connectivity index (χ2v) is 6.07. The van der Waals surface area contributed by atoms with Crippen LogP contribution in [0.5, 0.6) is 0 Å². The first-order chi connectivity index (χ1) is 9.34. The van der Waals surface area contributed by atoms with E-state index in [1.54, 1.807) is 0 Å². The summed E-state index contributed by atoms with van der Waals surface area (Å²) >= 11 is 0. The van der Waals surface area contributed by atoms with Gasteiger partial charge in [0.15, 0.2) is 0 Å². The molecule has 0 heterocycles. The zero-order valence-electron chi connectivity index (χ0n) is 11.2. The predicted octanol–water partition coefficient (Wildman–Crippen LogP) is 1.76. The minimum Gasteiger partial charge on any atom is -0.393 e. The minimum atomic E-state index is -3.80. The van der Waals surface area contributed by atoms with Gasteiger partial charge in [0.2, 0.25) is 10.0 Å². The number of nitrogens with zero attached hydrogens (tertiary/aromatic N) is 2. The molecule has 0 fully saturated rings. The first-order valence-corrected chi connectivity index (χ1v) is 7.43. The molecule has 8 heteroatoms. The molecular formula is C12H17N3O4S. The maximum Gasteiger partial charge on any atom is 0.293 e. The fourth-order valence-electron chi connectivity index (χ4n) is 1.69. The second kappa shape index (κ2) is 6.49. The Bertz CT molecular complexity index is 613. The summed E-state index contributed by atoms with van der Waals surface area (Å²) < 4.78 is 26.0. The van der Waals surface area contributed by atoms with Crippen LogP contribution in [0.3, 0.4) is 0 Å². The van der Waals surface area contributed by atoms with E-state index in [4.69, 9.17) is 5.73 Å². The third-order valence-corrected chi connectivity index (χ3v) is 4.50. The van der Waals surface area contributed by atoms with Gasteiger partial charge >= 0.3 is 0 Å². The van der Waals surface area contributed by atoms with Gasteiger partial charge in [0.25, 0.3) is 5.69 Å². The number of benzene rings is 1. The van der Waals surface area contributed by atoms with E-state index in [0.717, 1.165) is 6.07 Å². The molecule has 0 radical (unpaired) electrons. The number of nitro benzene ring substituents is 1. The monoisotopic (exact) mass is 299 g/mol. The van der Waals surface area contributed by atoms with Crippen molar-refractivity contribution in [1.29, 1.82) is 0 Å². The molecule has 2 N–H and O–H groups in total. The van der Waals surface area contributed by atoms with Crippen LogP contribution < -0.4 is 5.73 Å². The molecule has 0 saturated carbocycles. The van der Waals surface area contributed by atoms with E-state index in [1.807, 2.05) is 6.92 Å². The molecule has 0 aliphatic carbocycles. The van der Waals surface area contributed by atoms with E-state index >= 15 is 0 Å². The highest BCUT2D eigenvalue weighted by Gasteiger charge is 2.25. The molecule has 0 aliphatic rings. The van der Waals surface area contributed by atoms with Crippen molar-refractivity contribution in [2.45, 2.75) is 18.2 Å². The van der Waals surface area contributed by atoms with Crippen molar-refractivity contribution in [3.63, 3.8) is 0 Å². The number of hydrogen-bond acceptors (Lipinski definition) is 5. The molecular weight excluding hydrogens is 282 g/mol. The number of nitrogen functional groups attached to an aromatic ring is 1. The van der Waals surface area contributed by atoms with Crippen molar-refractivity contribution in [2.75, 3.05) is 18.8 Å². The van der Waals surface area contributed by atoms with Crippen molar-refractivity contribution in [3.05, 3.63) is 41.0 Å². The van der Waals surface area contributed by atoms with E-state index in [1.165, 1.54) is 22.5 Å². The molecule has 0 amide bonds. The lowest BCUT2D eigenvalue weighted by molar-refractivity contribution is -0.384. The first kappa shape index (κ1) is 16.1. The highest BCUT2D eigenvalue weighted by Crippen LogP contribution is 2.26. The van der Waals surface area contributed by atoms with Crippen LogP contribution in [0, 0.1) is 10.1 Å². The van der Waals surface area contributed by atoms with Crippen LogP contribution in [-0.2, 0) is 10.0 Å². The number of sulfonamides is 1. The summed E-state index contributed by atoms with van der Waals surface area (Å²) in [6, 6.07) is 3.48. The number of rotatable bonds is 7. The summed E-state index contributed by atoms with van der Waals surface area (Å²) in [6.07, 6.45) is 2.10. The molecule has 1 rings (SSSR count). The third-order valence-electron chi connectivity index (χ3n) is 2.64. The van der Waals surface area contributed by atoms with Gasteiger partial charge in [-0.3, -0.25) is 10.1 Å². The van der Waals surface area contributed by atoms with Gasteiger partial charge in [0, 0.05) is 19.2 Å².